The van der Waals surface area contributed by atoms with E-state index in [9.17, 15) is 23.2 Å². The Hall–Kier alpha value is -2.82. The van der Waals surface area contributed by atoms with Gasteiger partial charge in [0, 0.05) is 13.6 Å². The van der Waals surface area contributed by atoms with Crippen molar-refractivity contribution < 1.29 is 18.0 Å². The molecule has 0 saturated carbocycles. The number of benzene rings is 1. The molecule has 5 nitrogen and oxygen atoms in total. The molecule has 1 aromatic heterocycles. The Morgan fingerprint density at radius 3 is 2.70 bits per heavy atom. The maximum absolute atomic E-state index is 12.8. The van der Waals surface area contributed by atoms with Gasteiger partial charge in [-0.3, -0.25) is 4.79 Å². The number of carbonyl (C=O) groups is 1. The van der Waals surface area contributed by atoms with Crippen LogP contribution in [0.15, 0.2) is 30.5 Å². The van der Waals surface area contributed by atoms with Crippen LogP contribution in [0.25, 0.3) is 5.69 Å². The van der Waals surface area contributed by atoms with E-state index in [0.717, 1.165) is 16.8 Å². The lowest BCUT2D eigenvalue weighted by atomic mass is 10.2. The van der Waals surface area contributed by atoms with Crippen LogP contribution in [0.4, 0.5) is 13.2 Å². The third-order valence-electron chi connectivity index (χ3n) is 3.34. The van der Waals surface area contributed by atoms with Crippen LogP contribution in [0, 0.1) is 11.3 Å². The summed E-state index contributed by atoms with van der Waals surface area (Å²) in [5.41, 5.74) is -0.841. The summed E-state index contributed by atoms with van der Waals surface area (Å²) in [6.07, 6.45) is -3.32. The summed E-state index contributed by atoms with van der Waals surface area (Å²) in [5.74, 6) is -0.415. The minimum absolute atomic E-state index is 0.0502. The van der Waals surface area contributed by atoms with Crippen LogP contribution in [0.5, 0.6) is 0 Å². The van der Waals surface area contributed by atoms with E-state index >= 15 is 0 Å². The number of aromatic nitrogens is 2. The highest BCUT2D eigenvalue weighted by Gasteiger charge is 2.31. The molecule has 0 bridgehead atoms. The van der Waals surface area contributed by atoms with Gasteiger partial charge in [-0.1, -0.05) is 6.07 Å². The van der Waals surface area contributed by atoms with E-state index < -0.39 is 17.6 Å². The van der Waals surface area contributed by atoms with Crippen molar-refractivity contribution in [1.29, 1.82) is 5.26 Å². The number of nitriles is 1. The highest BCUT2D eigenvalue weighted by atomic mass is 19.4. The van der Waals surface area contributed by atoms with Crippen molar-refractivity contribution in [3.63, 3.8) is 0 Å². The highest BCUT2D eigenvalue weighted by molar-refractivity contribution is 5.96. The largest absolute Gasteiger partial charge is 0.416 e. The van der Waals surface area contributed by atoms with E-state index in [1.807, 2.05) is 6.07 Å². The van der Waals surface area contributed by atoms with Gasteiger partial charge < -0.3 is 4.90 Å². The lowest BCUT2D eigenvalue weighted by Crippen LogP contribution is -2.26. The maximum Gasteiger partial charge on any atom is 0.416 e. The number of carbonyl (C=O) groups excluding carboxylic acids is 1. The highest BCUT2D eigenvalue weighted by Crippen LogP contribution is 2.30. The first-order valence-electron chi connectivity index (χ1n) is 6.70. The molecule has 120 valence electrons. The Kier molecular flexibility index (Phi) is 4.40. The fourth-order valence-corrected chi connectivity index (χ4v) is 1.97. The van der Waals surface area contributed by atoms with Gasteiger partial charge in [-0.05, 0) is 25.1 Å². The van der Waals surface area contributed by atoms with Gasteiger partial charge >= 0.3 is 6.18 Å². The molecule has 8 heteroatoms. The third kappa shape index (κ3) is 3.18. The standard InChI is InChI=1S/C15H13F3N4O/c1-3-21(2)14(23)12-9-20-22(13(12)8-19)11-6-4-5-10(7-11)15(16,17)18/h4-7,9H,3H2,1-2H3. The van der Waals surface area contributed by atoms with E-state index in [4.69, 9.17) is 0 Å². The smallest absolute Gasteiger partial charge is 0.342 e. The van der Waals surface area contributed by atoms with Gasteiger partial charge in [0.15, 0.2) is 5.69 Å². The molecule has 0 unspecified atom stereocenters. The van der Waals surface area contributed by atoms with Crippen LogP contribution < -0.4 is 0 Å². The van der Waals surface area contributed by atoms with Gasteiger partial charge in [-0.15, -0.1) is 0 Å². The second-order valence-corrected chi connectivity index (χ2v) is 4.80. The van der Waals surface area contributed by atoms with Crippen LogP contribution in [0.1, 0.15) is 28.5 Å². The molecule has 1 amide bonds. The number of nitrogens with zero attached hydrogens (tertiary/aromatic N) is 4. The minimum Gasteiger partial charge on any atom is -0.342 e. The molecule has 0 radical (unpaired) electrons. The number of hydrogen-bond acceptors (Lipinski definition) is 3. The zero-order valence-corrected chi connectivity index (χ0v) is 12.4. The van der Waals surface area contributed by atoms with Gasteiger partial charge in [-0.2, -0.15) is 23.5 Å². The van der Waals surface area contributed by atoms with E-state index in [1.54, 1.807) is 14.0 Å². The Balaban J connectivity index is 2.53. The first kappa shape index (κ1) is 16.5. The first-order chi connectivity index (χ1) is 10.8. The van der Waals surface area contributed by atoms with Gasteiger partial charge in [0.2, 0.25) is 0 Å². The monoisotopic (exact) mass is 322 g/mol. The number of alkyl halides is 3. The molecule has 0 spiro atoms. The molecule has 0 N–H and O–H groups in total. The van der Waals surface area contributed by atoms with Crippen LogP contribution in [-0.4, -0.2) is 34.2 Å². The van der Waals surface area contributed by atoms with Crippen molar-refractivity contribution in [2.75, 3.05) is 13.6 Å². The Bertz CT molecular complexity index is 774. The minimum atomic E-state index is -4.50. The van der Waals surface area contributed by atoms with Crippen molar-refractivity contribution in [2.45, 2.75) is 13.1 Å². The van der Waals surface area contributed by atoms with E-state index in [0.29, 0.717) is 6.54 Å². The molecule has 1 heterocycles. The Labute approximate surface area is 130 Å². The zero-order valence-electron chi connectivity index (χ0n) is 12.4. The van der Waals surface area contributed by atoms with Gasteiger partial charge in [0.25, 0.3) is 5.91 Å². The predicted octanol–water partition coefficient (Wildman–Crippen LogP) is 2.85. The summed E-state index contributed by atoms with van der Waals surface area (Å²) < 4.78 is 39.4. The molecule has 23 heavy (non-hydrogen) atoms. The Morgan fingerprint density at radius 2 is 2.13 bits per heavy atom. The number of rotatable bonds is 3. The second kappa shape index (κ2) is 6.12. The van der Waals surface area contributed by atoms with E-state index in [2.05, 4.69) is 5.10 Å². The quantitative estimate of drug-likeness (QED) is 0.873. The summed E-state index contributed by atoms with van der Waals surface area (Å²) in [7, 11) is 1.56. The molecular formula is C15H13F3N4O. The van der Waals surface area contributed by atoms with Crippen LogP contribution in [0.3, 0.4) is 0 Å². The molecule has 2 aromatic rings. The summed E-state index contributed by atoms with van der Waals surface area (Å²) in [6.45, 7) is 2.19. The predicted molar refractivity (Wildman–Crippen MR) is 75.9 cm³/mol. The van der Waals surface area contributed by atoms with Crippen molar-refractivity contribution in [1.82, 2.24) is 14.7 Å². The average Bonchev–Trinajstić information content (AvgIpc) is 2.96. The fraction of sp³-hybridized carbons (Fsp3) is 0.267. The molecule has 0 aliphatic heterocycles. The van der Waals surface area contributed by atoms with Crippen LogP contribution in [0.2, 0.25) is 0 Å². The van der Waals surface area contributed by atoms with Gasteiger partial charge in [0.05, 0.1) is 23.0 Å². The summed E-state index contributed by atoms with van der Waals surface area (Å²) >= 11 is 0. The van der Waals surface area contributed by atoms with Gasteiger partial charge in [-0.25, -0.2) is 4.68 Å². The molecular weight excluding hydrogens is 309 g/mol. The van der Waals surface area contributed by atoms with Crippen LogP contribution >= 0.6 is 0 Å². The number of amides is 1. The third-order valence-corrected chi connectivity index (χ3v) is 3.34. The SMILES string of the molecule is CCN(C)C(=O)c1cnn(-c2cccc(C(F)(F)F)c2)c1C#N. The molecule has 1 aromatic carbocycles. The van der Waals surface area contributed by atoms with E-state index in [-0.39, 0.29) is 16.9 Å². The molecule has 0 atom stereocenters. The van der Waals surface area contributed by atoms with Gasteiger partial charge in [0.1, 0.15) is 6.07 Å². The summed E-state index contributed by atoms with van der Waals surface area (Å²) in [5, 5.41) is 13.2. The normalized spacial score (nSPS) is 11.1. The van der Waals surface area contributed by atoms with Crippen molar-refractivity contribution in [3.8, 4) is 11.8 Å². The van der Waals surface area contributed by atoms with Crippen molar-refractivity contribution in [2.24, 2.45) is 0 Å². The van der Waals surface area contributed by atoms with Crippen LogP contribution in [-0.2, 0) is 6.18 Å². The zero-order chi connectivity index (χ0) is 17.2. The molecule has 0 saturated heterocycles. The molecule has 0 fully saturated rings. The average molecular weight is 322 g/mol. The fourth-order valence-electron chi connectivity index (χ4n) is 1.97. The lowest BCUT2D eigenvalue weighted by Gasteiger charge is -2.13. The number of hydrogen-bond donors (Lipinski definition) is 0. The van der Waals surface area contributed by atoms with E-state index in [1.165, 1.54) is 23.2 Å². The number of halogens is 3. The maximum atomic E-state index is 12.8. The second-order valence-electron chi connectivity index (χ2n) is 4.80. The molecule has 2 rings (SSSR count). The first-order valence-corrected chi connectivity index (χ1v) is 6.70. The topological polar surface area (TPSA) is 61.9 Å². The lowest BCUT2D eigenvalue weighted by molar-refractivity contribution is -0.137. The summed E-state index contributed by atoms with van der Waals surface area (Å²) in [4.78, 5) is 13.6. The molecule has 0 aliphatic carbocycles. The summed E-state index contributed by atoms with van der Waals surface area (Å²) in [6, 6.07) is 6.25. The Morgan fingerprint density at radius 1 is 1.43 bits per heavy atom. The van der Waals surface area contributed by atoms with Crippen molar-refractivity contribution in [3.05, 3.63) is 47.3 Å². The molecule has 0 aliphatic rings. The van der Waals surface area contributed by atoms with Crippen molar-refractivity contribution >= 4 is 5.91 Å².